The lowest BCUT2D eigenvalue weighted by Crippen LogP contribution is -2.54. The quantitative estimate of drug-likeness (QED) is 0.497. The Bertz CT molecular complexity index is 1330. The van der Waals surface area contributed by atoms with E-state index in [1.807, 2.05) is 19.1 Å². The third-order valence-electron chi connectivity index (χ3n) is 7.45. The first kappa shape index (κ1) is 25.9. The number of likely N-dealkylation sites (tertiary alicyclic amines) is 1. The number of primary amides is 1. The zero-order valence-corrected chi connectivity index (χ0v) is 20.9. The van der Waals surface area contributed by atoms with Gasteiger partial charge in [-0.2, -0.15) is 15.3 Å². The van der Waals surface area contributed by atoms with Crippen molar-refractivity contribution in [2.45, 2.75) is 56.1 Å². The smallest absolute Gasteiger partial charge is 0.269 e. The van der Waals surface area contributed by atoms with E-state index >= 15 is 0 Å². The Hall–Kier alpha value is -3.71. The minimum absolute atomic E-state index is 0.00672. The number of carbonyl (C=O) groups excluding carboxylic acids is 3. The van der Waals surface area contributed by atoms with Gasteiger partial charge in [0, 0.05) is 30.0 Å². The SMILES string of the molecule is CC1(c2ccc3c(c2)c(C(N)=O)nn3CC(=O)N2CC(F)CC2C(=O)NC2CCOCC2O)C=CN=NC1. The van der Waals surface area contributed by atoms with E-state index < -0.39 is 47.5 Å². The highest BCUT2D eigenvalue weighted by Crippen LogP contribution is 2.32. The largest absolute Gasteiger partial charge is 0.389 e. The molecule has 1 aromatic heterocycles. The fourth-order valence-corrected chi connectivity index (χ4v) is 5.21. The zero-order valence-electron chi connectivity index (χ0n) is 20.9. The first-order valence-electron chi connectivity index (χ1n) is 12.5. The second-order valence-electron chi connectivity index (χ2n) is 10.2. The summed E-state index contributed by atoms with van der Waals surface area (Å²) in [5.41, 5.74) is 6.55. The number of fused-ring (bicyclic) bond motifs is 1. The number of alkyl halides is 1. The van der Waals surface area contributed by atoms with Crippen LogP contribution in [0.5, 0.6) is 0 Å². The molecule has 12 nitrogen and oxygen atoms in total. The molecule has 5 unspecified atom stereocenters. The lowest BCUT2D eigenvalue weighted by Gasteiger charge is -2.31. The Kier molecular flexibility index (Phi) is 6.97. The van der Waals surface area contributed by atoms with E-state index in [-0.39, 0.29) is 31.8 Å². The van der Waals surface area contributed by atoms with E-state index in [0.29, 0.717) is 30.5 Å². The van der Waals surface area contributed by atoms with Gasteiger partial charge in [0.1, 0.15) is 18.8 Å². The molecule has 3 amide bonds. The minimum Gasteiger partial charge on any atom is -0.389 e. The number of azo groups is 1. The number of aliphatic hydroxyl groups excluding tert-OH is 1. The molecule has 4 N–H and O–H groups in total. The van der Waals surface area contributed by atoms with Crippen LogP contribution in [0.4, 0.5) is 4.39 Å². The van der Waals surface area contributed by atoms with E-state index in [1.165, 1.54) is 9.58 Å². The van der Waals surface area contributed by atoms with Crippen molar-refractivity contribution >= 4 is 28.6 Å². The fraction of sp³-hybridized carbons (Fsp3) is 0.520. The van der Waals surface area contributed by atoms with Crippen LogP contribution in [0.25, 0.3) is 10.9 Å². The molecule has 202 valence electrons. The monoisotopic (exact) mass is 527 g/mol. The van der Waals surface area contributed by atoms with Gasteiger partial charge in [0.2, 0.25) is 11.8 Å². The normalized spacial score (nSPS) is 29.1. The standard InChI is InChI=1S/C25H30FN7O5/c1-25(5-6-28-29-13-25)14-2-3-18-16(8-14)22(23(27)36)31-33(18)11-21(35)32-10-15(26)9-19(32)24(37)30-17-4-7-38-12-20(17)34/h2-3,5-6,8,15,17,19-20,34H,4,7,9-13H2,1H3,(H2,27,36)(H,30,37). The lowest BCUT2D eigenvalue weighted by atomic mass is 9.81. The maximum absolute atomic E-state index is 14.4. The number of aromatic nitrogens is 2. The lowest BCUT2D eigenvalue weighted by molar-refractivity contribution is -0.140. The maximum Gasteiger partial charge on any atom is 0.269 e. The Morgan fingerprint density at radius 2 is 2.16 bits per heavy atom. The molecule has 2 saturated heterocycles. The van der Waals surface area contributed by atoms with Gasteiger partial charge in [0.25, 0.3) is 5.91 Å². The fourth-order valence-electron chi connectivity index (χ4n) is 5.21. The van der Waals surface area contributed by atoms with Gasteiger partial charge in [0.15, 0.2) is 5.69 Å². The maximum atomic E-state index is 14.4. The molecule has 1 aromatic carbocycles. The van der Waals surface area contributed by atoms with Gasteiger partial charge in [0.05, 0.1) is 37.4 Å². The van der Waals surface area contributed by atoms with Crippen LogP contribution in [0.2, 0.25) is 0 Å². The van der Waals surface area contributed by atoms with Crippen LogP contribution >= 0.6 is 0 Å². The third kappa shape index (κ3) is 4.90. The second-order valence-corrected chi connectivity index (χ2v) is 10.2. The van der Waals surface area contributed by atoms with Crippen molar-refractivity contribution in [2.24, 2.45) is 16.0 Å². The molecular formula is C25H30FN7O5. The van der Waals surface area contributed by atoms with Crippen molar-refractivity contribution in [3.8, 4) is 0 Å². The number of benzene rings is 1. The molecule has 0 bridgehead atoms. The molecule has 5 rings (SSSR count). The number of halogens is 1. The Balaban J connectivity index is 1.38. The number of aliphatic hydroxyl groups is 1. The summed E-state index contributed by atoms with van der Waals surface area (Å²) in [7, 11) is 0. The first-order valence-corrected chi connectivity index (χ1v) is 12.5. The molecule has 0 aliphatic carbocycles. The average Bonchev–Trinajstić information content (AvgIpc) is 3.46. The molecule has 3 aliphatic heterocycles. The highest BCUT2D eigenvalue weighted by atomic mass is 19.1. The first-order chi connectivity index (χ1) is 18.2. The van der Waals surface area contributed by atoms with E-state index in [1.54, 1.807) is 18.3 Å². The summed E-state index contributed by atoms with van der Waals surface area (Å²) in [6.45, 7) is 2.35. The molecule has 13 heteroatoms. The topological polar surface area (TPSA) is 164 Å². The zero-order chi connectivity index (χ0) is 27.0. The van der Waals surface area contributed by atoms with Crippen molar-refractivity contribution < 1.29 is 28.6 Å². The van der Waals surface area contributed by atoms with Crippen molar-refractivity contribution in [2.75, 3.05) is 26.3 Å². The molecule has 0 spiro atoms. The number of nitrogens with zero attached hydrogens (tertiary/aromatic N) is 5. The number of nitrogens with one attached hydrogen (secondary N) is 1. The molecule has 0 saturated carbocycles. The van der Waals surface area contributed by atoms with Crippen LogP contribution in [0.3, 0.4) is 0 Å². The molecule has 5 atom stereocenters. The van der Waals surface area contributed by atoms with Crippen LogP contribution in [0.1, 0.15) is 35.8 Å². The summed E-state index contributed by atoms with van der Waals surface area (Å²) < 4.78 is 20.9. The third-order valence-corrected chi connectivity index (χ3v) is 7.45. The number of nitrogens with two attached hydrogens (primary N) is 1. The van der Waals surface area contributed by atoms with E-state index in [0.717, 1.165) is 5.56 Å². The van der Waals surface area contributed by atoms with E-state index in [4.69, 9.17) is 10.5 Å². The van der Waals surface area contributed by atoms with Gasteiger partial charge in [-0.15, -0.1) is 0 Å². The summed E-state index contributed by atoms with van der Waals surface area (Å²) in [5, 5.41) is 25.6. The Labute approximate surface area is 217 Å². The molecule has 2 aromatic rings. The van der Waals surface area contributed by atoms with Gasteiger partial charge in [-0.1, -0.05) is 19.1 Å². The van der Waals surface area contributed by atoms with Crippen LogP contribution in [-0.4, -0.2) is 88.2 Å². The summed E-state index contributed by atoms with van der Waals surface area (Å²) in [5.74, 6) is -1.80. The summed E-state index contributed by atoms with van der Waals surface area (Å²) in [6, 6.07) is 3.86. The number of amides is 3. The van der Waals surface area contributed by atoms with Crippen LogP contribution in [-0.2, 0) is 26.3 Å². The number of hydrogen-bond donors (Lipinski definition) is 3. The van der Waals surface area contributed by atoms with Gasteiger partial charge in [-0.25, -0.2) is 4.39 Å². The molecule has 0 radical (unpaired) electrons. The van der Waals surface area contributed by atoms with Crippen molar-refractivity contribution in [3.05, 3.63) is 41.7 Å². The second kappa shape index (κ2) is 10.2. The molecule has 4 heterocycles. The number of rotatable bonds is 6. The number of hydrogen-bond acceptors (Lipinski definition) is 8. The highest BCUT2D eigenvalue weighted by molar-refractivity contribution is 6.04. The van der Waals surface area contributed by atoms with E-state index in [2.05, 4.69) is 20.6 Å². The van der Waals surface area contributed by atoms with Gasteiger partial charge in [-0.05, 0) is 24.1 Å². The average molecular weight is 528 g/mol. The molecule has 38 heavy (non-hydrogen) atoms. The summed E-state index contributed by atoms with van der Waals surface area (Å²) in [4.78, 5) is 39.7. The van der Waals surface area contributed by atoms with Crippen LogP contribution in [0.15, 0.2) is 40.7 Å². The highest BCUT2D eigenvalue weighted by Gasteiger charge is 2.41. The van der Waals surface area contributed by atoms with Gasteiger partial charge >= 0.3 is 0 Å². The van der Waals surface area contributed by atoms with Crippen molar-refractivity contribution in [1.29, 1.82) is 0 Å². The van der Waals surface area contributed by atoms with Crippen LogP contribution < -0.4 is 11.1 Å². The predicted molar refractivity (Wildman–Crippen MR) is 133 cm³/mol. The molecular weight excluding hydrogens is 497 g/mol. The molecule has 3 aliphatic rings. The number of ether oxygens (including phenoxy) is 1. The molecule has 2 fully saturated rings. The van der Waals surface area contributed by atoms with E-state index in [9.17, 15) is 23.9 Å². The number of carbonyl (C=O) groups is 3. The summed E-state index contributed by atoms with van der Waals surface area (Å²) in [6.07, 6.45) is 1.58. The summed E-state index contributed by atoms with van der Waals surface area (Å²) >= 11 is 0. The predicted octanol–water partition coefficient (Wildman–Crippen LogP) is 0.577. The Morgan fingerprint density at radius 3 is 2.87 bits per heavy atom. The minimum atomic E-state index is -1.37. The van der Waals surface area contributed by atoms with Crippen molar-refractivity contribution in [1.82, 2.24) is 20.0 Å². The Morgan fingerprint density at radius 1 is 1.34 bits per heavy atom. The van der Waals surface area contributed by atoms with Crippen molar-refractivity contribution in [3.63, 3.8) is 0 Å². The van der Waals surface area contributed by atoms with Crippen LogP contribution in [0, 0.1) is 0 Å². The van der Waals surface area contributed by atoms with Gasteiger partial charge < -0.3 is 25.8 Å². The van der Waals surface area contributed by atoms with Gasteiger partial charge in [-0.3, -0.25) is 19.1 Å².